The first-order valence-electron chi connectivity index (χ1n) is 10.8. The van der Waals surface area contributed by atoms with Crippen molar-refractivity contribution >= 4 is 5.91 Å². The van der Waals surface area contributed by atoms with E-state index in [4.69, 9.17) is 0 Å². The molecular formula is C21H39N3O. The number of carbonyl (C=O) groups excluding carboxylic acids is 1. The highest BCUT2D eigenvalue weighted by Crippen LogP contribution is 2.25. The molecule has 25 heavy (non-hydrogen) atoms. The number of carbonyl (C=O) groups is 1. The first-order valence-corrected chi connectivity index (χ1v) is 10.8. The lowest BCUT2D eigenvalue weighted by Gasteiger charge is -2.42. The molecule has 3 fully saturated rings. The first-order chi connectivity index (χ1) is 12.0. The van der Waals surface area contributed by atoms with Gasteiger partial charge in [0.2, 0.25) is 5.91 Å². The molecule has 3 heterocycles. The summed E-state index contributed by atoms with van der Waals surface area (Å²) in [6, 6.07) is 1.60. The second-order valence-electron chi connectivity index (χ2n) is 9.01. The molecule has 0 saturated carbocycles. The van der Waals surface area contributed by atoms with Crippen LogP contribution in [0.3, 0.4) is 0 Å². The van der Waals surface area contributed by atoms with Crippen molar-refractivity contribution in [3.63, 3.8) is 0 Å². The van der Waals surface area contributed by atoms with Crippen LogP contribution in [0.1, 0.15) is 72.1 Å². The van der Waals surface area contributed by atoms with Crippen LogP contribution in [0.25, 0.3) is 0 Å². The van der Waals surface area contributed by atoms with Crippen LogP contribution in [0.2, 0.25) is 0 Å². The van der Waals surface area contributed by atoms with Gasteiger partial charge in [0.1, 0.15) is 0 Å². The van der Waals surface area contributed by atoms with Gasteiger partial charge in [-0.05, 0) is 84.7 Å². The van der Waals surface area contributed by atoms with Gasteiger partial charge in [0, 0.05) is 31.2 Å². The molecule has 0 aromatic rings. The van der Waals surface area contributed by atoms with Gasteiger partial charge in [-0.2, -0.15) is 0 Å². The number of piperidine rings is 3. The summed E-state index contributed by atoms with van der Waals surface area (Å²) in [5, 5.41) is 0. The first kappa shape index (κ1) is 19.2. The van der Waals surface area contributed by atoms with Gasteiger partial charge in [0.05, 0.1) is 6.54 Å². The van der Waals surface area contributed by atoms with Crippen molar-refractivity contribution in [2.75, 3.05) is 32.7 Å². The van der Waals surface area contributed by atoms with E-state index in [9.17, 15) is 4.79 Å². The van der Waals surface area contributed by atoms with Gasteiger partial charge < -0.3 is 9.80 Å². The lowest BCUT2D eigenvalue weighted by molar-refractivity contribution is -0.139. The third kappa shape index (κ3) is 4.97. The molecule has 4 unspecified atom stereocenters. The zero-order valence-electron chi connectivity index (χ0n) is 16.8. The molecule has 0 aliphatic carbocycles. The summed E-state index contributed by atoms with van der Waals surface area (Å²) in [4.78, 5) is 20.2. The summed E-state index contributed by atoms with van der Waals surface area (Å²) in [7, 11) is 0. The van der Waals surface area contributed by atoms with Crippen LogP contribution < -0.4 is 0 Å². The molecule has 4 heteroatoms. The summed E-state index contributed by atoms with van der Waals surface area (Å²) >= 11 is 0. The van der Waals surface area contributed by atoms with Crippen molar-refractivity contribution < 1.29 is 4.79 Å². The maximum Gasteiger partial charge on any atom is 0.237 e. The van der Waals surface area contributed by atoms with Crippen LogP contribution in [0.4, 0.5) is 0 Å². The molecule has 3 aliphatic heterocycles. The summed E-state index contributed by atoms with van der Waals surface area (Å²) in [6.45, 7) is 12.2. The Labute approximate surface area is 154 Å². The normalized spacial score (nSPS) is 35.7. The zero-order valence-corrected chi connectivity index (χ0v) is 16.8. The lowest BCUT2D eigenvalue weighted by Crippen LogP contribution is -2.52. The Bertz CT molecular complexity index is 431. The molecule has 3 rings (SSSR count). The van der Waals surface area contributed by atoms with Gasteiger partial charge in [0.25, 0.3) is 0 Å². The highest BCUT2D eigenvalue weighted by molar-refractivity contribution is 5.79. The highest BCUT2D eigenvalue weighted by atomic mass is 16.2. The highest BCUT2D eigenvalue weighted by Gasteiger charge is 2.31. The second kappa shape index (κ2) is 8.85. The number of hydrogen-bond donors (Lipinski definition) is 0. The second-order valence-corrected chi connectivity index (χ2v) is 9.01. The molecule has 3 saturated heterocycles. The van der Waals surface area contributed by atoms with Gasteiger partial charge in [-0.25, -0.2) is 0 Å². The third-order valence-electron chi connectivity index (χ3n) is 6.88. The van der Waals surface area contributed by atoms with Crippen molar-refractivity contribution in [2.24, 2.45) is 5.92 Å². The summed E-state index contributed by atoms with van der Waals surface area (Å²) in [6.07, 6.45) is 10.3. The van der Waals surface area contributed by atoms with E-state index in [1.54, 1.807) is 0 Å². The summed E-state index contributed by atoms with van der Waals surface area (Å²) in [5.41, 5.74) is 0. The average Bonchev–Trinajstić information content (AvgIpc) is 2.57. The van der Waals surface area contributed by atoms with Crippen molar-refractivity contribution in [2.45, 2.75) is 90.3 Å². The molecular weight excluding hydrogens is 310 g/mol. The minimum absolute atomic E-state index is 0.367. The number of hydrogen-bond acceptors (Lipinski definition) is 3. The Kier molecular flexibility index (Phi) is 6.79. The van der Waals surface area contributed by atoms with E-state index in [1.165, 1.54) is 64.5 Å². The smallest absolute Gasteiger partial charge is 0.237 e. The van der Waals surface area contributed by atoms with Crippen LogP contribution in [-0.2, 0) is 4.79 Å². The van der Waals surface area contributed by atoms with Gasteiger partial charge >= 0.3 is 0 Å². The van der Waals surface area contributed by atoms with Crippen LogP contribution in [-0.4, -0.2) is 71.5 Å². The molecule has 1 amide bonds. The van der Waals surface area contributed by atoms with E-state index in [-0.39, 0.29) is 0 Å². The topological polar surface area (TPSA) is 26.8 Å². The molecule has 4 atom stereocenters. The predicted octanol–water partition coefficient (Wildman–Crippen LogP) is 3.36. The molecule has 144 valence electrons. The SMILES string of the molecule is CC1CCCCN1CC1CCCN(CC(=O)N2C(C)CCCC2C)C1. The van der Waals surface area contributed by atoms with Crippen LogP contribution in [0.15, 0.2) is 0 Å². The quantitative estimate of drug-likeness (QED) is 0.779. The van der Waals surface area contributed by atoms with E-state index in [0.29, 0.717) is 24.5 Å². The number of amides is 1. The average molecular weight is 350 g/mol. The van der Waals surface area contributed by atoms with Gasteiger partial charge in [-0.3, -0.25) is 9.69 Å². The van der Waals surface area contributed by atoms with Crippen molar-refractivity contribution in [3.8, 4) is 0 Å². The minimum atomic E-state index is 0.367. The Balaban J connectivity index is 1.50. The lowest BCUT2D eigenvalue weighted by atomic mass is 9.94. The van der Waals surface area contributed by atoms with Crippen LogP contribution in [0, 0.1) is 5.92 Å². The maximum absolute atomic E-state index is 12.9. The summed E-state index contributed by atoms with van der Waals surface area (Å²) < 4.78 is 0. The van der Waals surface area contributed by atoms with E-state index in [0.717, 1.165) is 25.0 Å². The van der Waals surface area contributed by atoms with Gasteiger partial charge in [-0.1, -0.05) is 6.42 Å². The molecule has 3 aliphatic rings. The molecule has 0 N–H and O–H groups in total. The standard InChI is InChI=1S/C21H39N3O/c1-17-8-4-5-13-23(17)15-20-11-7-12-22(14-20)16-21(25)24-18(2)9-6-10-19(24)3/h17-20H,4-16H2,1-3H3. The van der Waals surface area contributed by atoms with Gasteiger partial charge in [0.15, 0.2) is 0 Å². The number of nitrogens with zero attached hydrogens (tertiary/aromatic N) is 3. The molecule has 0 radical (unpaired) electrons. The molecule has 0 spiro atoms. The van der Waals surface area contributed by atoms with Crippen molar-refractivity contribution in [1.82, 2.24) is 14.7 Å². The maximum atomic E-state index is 12.9. The van der Waals surface area contributed by atoms with E-state index >= 15 is 0 Å². The van der Waals surface area contributed by atoms with Crippen LogP contribution in [0.5, 0.6) is 0 Å². The predicted molar refractivity (Wildman–Crippen MR) is 104 cm³/mol. The molecule has 0 aromatic carbocycles. The third-order valence-corrected chi connectivity index (χ3v) is 6.88. The summed E-state index contributed by atoms with van der Waals surface area (Å²) in [5.74, 6) is 1.12. The fourth-order valence-corrected chi connectivity index (χ4v) is 5.39. The Morgan fingerprint density at radius 3 is 2.28 bits per heavy atom. The molecule has 0 aromatic heterocycles. The van der Waals surface area contributed by atoms with Crippen LogP contribution >= 0.6 is 0 Å². The monoisotopic (exact) mass is 349 g/mol. The molecule has 0 bridgehead atoms. The van der Waals surface area contributed by atoms with Crippen molar-refractivity contribution in [1.29, 1.82) is 0 Å². The van der Waals surface area contributed by atoms with Gasteiger partial charge in [-0.15, -0.1) is 0 Å². The Hall–Kier alpha value is -0.610. The number of rotatable bonds is 4. The van der Waals surface area contributed by atoms with Crippen molar-refractivity contribution in [3.05, 3.63) is 0 Å². The molecule has 4 nitrogen and oxygen atoms in total. The minimum Gasteiger partial charge on any atom is -0.336 e. The Morgan fingerprint density at radius 1 is 0.840 bits per heavy atom. The largest absolute Gasteiger partial charge is 0.336 e. The van der Waals surface area contributed by atoms with E-state index < -0.39 is 0 Å². The van der Waals surface area contributed by atoms with E-state index in [2.05, 4.69) is 35.5 Å². The zero-order chi connectivity index (χ0) is 17.8. The fourth-order valence-electron chi connectivity index (χ4n) is 5.39. The fraction of sp³-hybridized carbons (Fsp3) is 0.952. The Morgan fingerprint density at radius 2 is 1.56 bits per heavy atom. The number of likely N-dealkylation sites (tertiary alicyclic amines) is 3. The van der Waals surface area contributed by atoms with E-state index in [1.807, 2.05) is 0 Å².